The van der Waals surface area contributed by atoms with Crippen molar-refractivity contribution in [2.24, 2.45) is 23.7 Å². The molecule has 0 aromatic heterocycles. The fraction of sp³-hybridized carbons (Fsp3) is 0.900. The molecule has 0 heterocycles. The summed E-state index contributed by atoms with van der Waals surface area (Å²) in [6, 6.07) is 0. The van der Waals surface area contributed by atoms with Gasteiger partial charge in [0.2, 0.25) is 0 Å². The van der Waals surface area contributed by atoms with Gasteiger partial charge in [0, 0.05) is 0 Å². The maximum absolute atomic E-state index is 8.24. The molecule has 0 bridgehead atoms. The minimum absolute atomic E-state index is 0. The number of ether oxygens (including phenoxy) is 1. The topological polar surface area (TPSA) is 46.5 Å². The van der Waals surface area contributed by atoms with Crippen molar-refractivity contribution < 1.29 is 33.2 Å². The summed E-state index contributed by atoms with van der Waals surface area (Å²) in [6.45, 7) is 5.75. The smallest absolute Gasteiger partial charge is 0.665 e. The van der Waals surface area contributed by atoms with Crippen LogP contribution in [0.4, 0.5) is 0 Å². The van der Waals surface area contributed by atoms with E-state index in [0.717, 1.165) is 24.4 Å². The standard InChI is InChI=1S/C19H33O.CHO2.V/c1-15-10-12-18(13-11-15)20-14-17-8-5-9-19(17)16-6-3-2-4-7-16;2-1-3;/h15-19H,1-14H2;(H,2,3);/q2*-1;+2. The van der Waals surface area contributed by atoms with Crippen molar-refractivity contribution in [1.29, 1.82) is 0 Å². The molecule has 1 radical (unpaired) electrons. The van der Waals surface area contributed by atoms with Gasteiger partial charge < -0.3 is 21.6 Å². The monoisotopic (exact) mass is 373 g/mol. The van der Waals surface area contributed by atoms with Crippen molar-refractivity contribution in [1.82, 2.24) is 0 Å². The van der Waals surface area contributed by atoms with Crippen molar-refractivity contribution in [3.8, 4) is 0 Å². The Morgan fingerprint density at radius 3 is 2.17 bits per heavy atom. The molecule has 3 saturated carbocycles. The van der Waals surface area contributed by atoms with E-state index >= 15 is 0 Å². The average molecular weight is 373 g/mol. The number of rotatable bonds is 4. The average Bonchev–Trinajstić information content (AvgIpc) is 3.04. The molecular weight excluding hydrogens is 339 g/mol. The number of hydrogen-bond acceptors (Lipinski definition) is 2. The molecule has 0 saturated heterocycles. The Labute approximate surface area is 160 Å². The molecule has 2 unspecified atom stereocenters. The van der Waals surface area contributed by atoms with Crippen LogP contribution in [0.25, 0.3) is 0 Å². The van der Waals surface area contributed by atoms with Gasteiger partial charge in [0.1, 0.15) is 0 Å². The van der Waals surface area contributed by atoms with Crippen LogP contribution in [0.3, 0.4) is 0 Å². The second-order valence-corrected chi connectivity index (χ2v) is 7.82. The Balaban J connectivity index is 0.000000671. The molecule has 3 aliphatic carbocycles. The predicted octanol–water partition coefficient (Wildman–Crippen LogP) is 5.00. The quantitative estimate of drug-likeness (QED) is 0.705. The Kier molecular flexibility index (Phi) is 11.4. The summed E-state index contributed by atoms with van der Waals surface area (Å²) in [5.41, 5.74) is 0. The Bertz CT molecular complexity index is 323. The summed E-state index contributed by atoms with van der Waals surface area (Å²) >= 11 is 0. The van der Waals surface area contributed by atoms with E-state index in [2.05, 4.69) is 6.92 Å². The summed E-state index contributed by atoms with van der Waals surface area (Å²) in [5.74, 6) is 3.61. The first-order valence-electron chi connectivity index (χ1n) is 9.70. The summed E-state index contributed by atoms with van der Waals surface area (Å²) in [4.78, 5) is 8.24. The minimum atomic E-state index is 0. The van der Waals surface area contributed by atoms with Crippen LogP contribution in [-0.2, 0) is 28.1 Å². The molecule has 3 rings (SSSR count). The molecule has 3 nitrogen and oxygen atoms in total. The molecule has 0 aliphatic heterocycles. The zero-order valence-corrected chi connectivity index (χ0v) is 16.4. The van der Waals surface area contributed by atoms with Crippen molar-refractivity contribution in [2.75, 3.05) is 6.61 Å². The first-order chi connectivity index (χ1) is 11.2. The summed E-state index contributed by atoms with van der Waals surface area (Å²) in [6.07, 6.45) is 17.5. The molecule has 0 spiro atoms. The van der Waals surface area contributed by atoms with Crippen LogP contribution in [0.15, 0.2) is 0 Å². The third-order valence-electron chi connectivity index (χ3n) is 6.31. The van der Waals surface area contributed by atoms with Gasteiger partial charge in [-0.25, -0.2) is 0 Å². The second-order valence-electron chi connectivity index (χ2n) is 7.82. The molecule has 1 N–H and O–H groups in total. The van der Waals surface area contributed by atoms with Gasteiger partial charge in [0.25, 0.3) is 0 Å². The molecule has 3 aliphatic rings. The van der Waals surface area contributed by atoms with Gasteiger partial charge in [-0.3, -0.25) is 0 Å². The van der Waals surface area contributed by atoms with Gasteiger partial charge in [0.15, 0.2) is 0 Å². The maximum Gasteiger partial charge on any atom is 2.00 e. The molecule has 0 amide bonds. The van der Waals surface area contributed by atoms with Gasteiger partial charge in [-0.05, 0) is 43.4 Å². The molecule has 137 valence electrons. The largest absolute Gasteiger partial charge is 2.00 e. The fourth-order valence-electron chi connectivity index (χ4n) is 5.01. The molecule has 4 heteroatoms. The van der Waals surface area contributed by atoms with E-state index in [1.807, 2.05) is 0 Å². The second kappa shape index (κ2) is 12.4. The first kappa shape index (κ1) is 22.1. The molecule has 0 aromatic rings. The summed E-state index contributed by atoms with van der Waals surface area (Å²) < 4.78 is 6.31. The Hall–Kier alpha value is 0.0144. The molecule has 3 fully saturated rings. The van der Waals surface area contributed by atoms with Gasteiger partial charge in [0.05, 0.1) is 12.7 Å². The zero-order valence-electron chi connectivity index (χ0n) is 15.0. The predicted molar refractivity (Wildman–Crippen MR) is 92.8 cm³/mol. The van der Waals surface area contributed by atoms with Crippen LogP contribution in [0.1, 0.15) is 77.0 Å². The van der Waals surface area contributed by atoms with E-state index in [9.17, 15) is 0 Å². The van der Waals surface area contributed by atoms with Gasteiger partial charge in [-0.15, -0.1) is 0 Å². The zero-order chi connectivity index (χ0) is 16.5. The van der Waals surface area contributed by atoms with Gasteiger partial charge in [-0.2, -0.15) is 5.92 Å². The van der Waals surface area contributed by atoms with Crippen molar-refractivity contribution in [3.63, 3.8) is 0 Å². The Morgan fingerprint density at radius 2 is 1.54 bits per heavy atom. The number of aliphatic hydroxyl groups excluding tert-OH is 1. The van der Waals surface area contributed by atoms with E-state index in [0.29, 0.717) is 18.5 Å². The summed E-state index contributed by atoms with van der Waals surface area (Å²) in [7, 11) is 0. The van der Waals surface area contributed by atoms with Gasteiger partial charge >= 0.3 is 18.6 Å². The molecule has 0 aromatic carbocycles. The van der Waals surface area contributed by atoms with Crippen LogP contribution in [0.5, 0.6) is 0 Å². The molecule has 24 heavy (non-hydrogen) atoms. The van der Waals surface area contributed by atoms with Crippen molar-refractivity contribution >= 4 is 6.47 Å². The van der Waals surface area contributed by atoms with Crippen LogP contribution < -0.4 is 0 Å². The maximum atomic E-state index is 8.24. The minimum Gasteiger partial charge on any atom is -0.665 e. The fourth-order valence-corrected chi connectivity index (χ4v) is 5.01. The van der Waals surface area contributed by atoms with Crippen LogP contribution >= 0.6 is 0 Å². The van der Waals surface area contributed by atoms with Crippen LogP contribution in [-0.4, -0.2) is 24.3 Å². The van der Waals surface area contributed by atoms with Gasteiger partial charge in [-0.1, -0.05) is 57.8 Å². The Morgan fingerprint density at radius 1 is 0.917 bits per heavy atom. The third kappa shape index (κ3) is 7.10. The van der Waals surface area contributed by atoms with Crippen molar-refractivity contribution in [2.45, 2.75) is 83.2 Å². The van der Waals surface area contributed by atoms with Crippen LogP contribution in [0, 0.1) is 30.6 Å². The van der Waals surface area contributed by atoms with E-state index in [-0.39, 0.29) is 18.6 Å². The molecular formula is C20H34O3V. The van der Waals surface area contributed by atoms with Crippen molar-refractivity contribution in [3.05, 3.63) is 6.92 Å². The first-order valence-corrected chi connectivity index (χ1v) is 9.70. The SMILES string of the molecule is O=[C-]O.[CH2-]C1CCC(OCC2CCCC2C2CCCCC2)CC1.[V+2]. The third-order valence-corrected chi connectivity index (χ3v) is 6.31. The van der Waals surface area contributed by atoms with Crippen LogP contribution in [0.2, 0.25) is 0 Å². The van der Waals surface area contributed by atoms with E-state index in [1.165, 1.54) is 77.0 Å². The normalized spacial score (nSPS) is 33.9. The van der Waals surface area contributed by atoms with E-state index < -0.39 is 0 Å². The van der Waals surface area contributed by atoms with E-state index in [4.69, 9.17) is 14.6 Å². The summed E-state index contributed by atoms with van der Waals surface area (Å²) in [5, 5.41) is 6.76. The molecule has 2 atom stereocenters. The van der Waals surface area contributed by atoms with E-state index in [1.54, 1.807) is 0 Å². The number of hydrogen-bond donors (Lipinski definition) is 1.